The highest BCUT2D eigenvalue weighted by Gasteiger charge is 2.24. The smallest absolute Gasteiger partial charge is 0.148 e. The van der Waals surface area contributed by atoms with E-state index in [0.717, 1.165) is 19.5 Å². The van der Waals surface area contributed by atoms with Crippen molar-refractivity contribution in [2.75, 3.05) is 25.1 Å². The van der Waals surface area contributed by atoms with Gasteiger partial charge in [0, 0.05) is 12.3 Å². The molecule has 1 heterocycles. The highest BCUT2D eigenvalue weighted by Crippen LogP contribution is 2.12. The van der Waals surface area contributed by atoms with E-state index in [4.69, 9.17) is 5.73 Å². The van der Waals surface area contributed by atoms with Crippen molar-refractivity contribution in [3.63, 3.8) is 0 Å². The third-order valence-corrected chi connectivity index (χ3v) is 3.19. The van der Waals surface area contributed by atoms with Crippen molar-refractivity contribution in [3.05, 3.63) is 0 Å². The Labute approximate surface area is 73.4 Å². The first kappa shape index (κ1) is 9.95. The summed E-state index contributed by atoms with van der Waals surface area (Å²) in [4.78, 5) is 0. The van der Waals surface area contributed by atoms with Crippen molar-refractivity contribution < 1.29 is 8.42 Å². The lowest BCUT2D eigenvalue weighted by molar-refractivity contribution is 0.479. The van der Waals surface area contributed by atoms with Crippen molar-refractivity contribution in [3.8, 4) is 0 Å². The lowest BCUT2D eigenvalue weighted by Gasteiger charge is -2.16. The van der Waals surface area contributed by atoms with E-state index in [1.807, 2.05) is 0 Å². The number of nitrogens with one attached hydrogen (secondary N) is 1. The second-order valence-corrected chi connectivity index (χ2v) is 5.69. The highest BCUT2D eigenvalue weighted by molar-refractivity contribution is 7.90. The molecule has 12 heavy (non-hydrogen) atoms. The molecule has 0 aromatic carbocycles. The van der Waals surface area contributed by atoms with Crippen LogP contribution in [-0.4, -0.2) is 39.6 Å². The third kappa shape index (κ3) is 3.08. The quantitative estimate of drug-likeness (QED) is 0.599. The fraction of sp³-hybridized carbons (Fsp3) is 1.00. The zero-order valence-corrected chi connectivity index (χ0v) is 8.10. The minimum absolute atomic E-state index is 0.110. The molecule has 2 unspecified atom stereocenters. The van der Waals surface area contributed by atoms with Gasteiger partial charge in [0.15, 0.2) is 0 Å². The first-order valence-corrected chi connectivity index (χ1v) is 6.19. The van der Waals surface area contributed by atoms with Crippen LogP contribution in [0.25, 0.3) is 0 Å². The fourth-order valence-corrected chi connectivity index (χ4v) is 2.50. The molecule has 3 N–H and O–H groups in total. The van der Waals surface area contributed by atoms with Gasteiger partial charge in [-0.25, -0.2) is 8.42 Å². The fourth-order valence-electron chi connectivity index (χ4n) is 1.53. The van der Waals surface area contributed by atoms with Crippen LogP contribution in [0.15, 0.2) is 0 Å². The highest BCUT2D eigenvalue weighted by atomic mass is 32.2. The van der Waals surface area contributed by atoms with Crippen LogP contribution in [0.5, 0.6) is 0 Å². The molecule has 0 amide bonds. The number of nitrogens with two attached hydrogens (primary N) is 1. The van der Waals surface area contributed by atoms with Gasteiger partial charge < -0.3 is 11.1 Å². The second kappa shape index (κ2) is 3.72. The molecule has 1 rings (SSSR count). The molecule has 1 aliphatic heterocycles. The van der Waals surface area contributed by atoms with E-state index in [1.54, 1.807) is 0 Å². The SMILES string of the molecule is CS(=O)(=O)CC(N)C1CCNC1. The summed E-state index contributed by atoms with van der Waals surface area (Å²) in [5.41, 5.74) is 5.75. The van der Waals surface area contributed by atoms with Gasteiger partial charge in [0.1, 0.15) is 9.84 Å². The molecule has 0 spiro atoms. The first-order valence-electron chi connectivity index (χ1n) is 4.13. The Morgan fingerprint density at radius 3 is 2.75 bits per heavy atom. The molecule has 5 heteroatoms. The minimum atomic E-state index is -2.91. The largest absolute Gasteiger partial charge is 0.326 e. The maximum Gasteiger partial charge on any atom is 0.148 e. The molecule has 1 aliphatic rings. The van der Waals surface area contributed by atoms with Crippen molar-refractivity contribution in [2.45, 2.75) is 12.5 Å². The molecule has 1 fully saturated rings. The molecule has 72 valence electrons. The molecule has 0 saturated carbocycles. The predicted molar refractivity (Wildman–Crippen MR) is 48.7 cm³/mol. The first-order chi connectivity index (χ1) is 5.49. The standard InChI is InChI=1S/C7H16N2O2S/c1-12(10,11)5-7(8)6-2-3-9-4-6/h6-7,9H,2-5,8H2,1H3. The van der Waals surface area contributed by atoms with Gasteiger partial charge in [-0.1, -0.05) is 0 Å². The van der Waals surface area contributed by atoms with E-state index in [2.05, 4.69) is 5.32 Å². The zero-order valence-electron chi connectivity index (χ0n) is 7.29. The summed E-state index contributed by atoms with van der Waals surface area (Å²) in [6.07, 6.45) is 2.23. The molecular weight excluding hydrogens is 176 g/mol. The van der Waals surface area contributed by atoms with Gasteiger partial charge in [-0.15, -0.1) is 0 Å². The summed E-state index contributed by atoms with van der Waals surface area (Å²) < 4.78 is 21.8. The number of hydrogen-bond donors (Lipinski definition) is 2. The average Bonchev–Trinajstić information content (AvgIpc) is 2.32. The van der Waals surface area contributed by atoms with Crippen molar-refractivity contribution in [1.82, 2.24) is 5.32 Å². The van der Waals surface area contributed by atoms with Crippen LogP contribution >= 0.6 is 0 Å². The maximum atomic E-state index is 10.9. The normalized spacial score (nSPS) is 27.3. The molecule has 0 aromatic heterocycles. The predicted octanol–water partition coefficient (Wildman–Crippen LogP) is -1.03. The van der Waals surface area contributed by atoms with Gasteiger partial charge >= 0.3 is 0 Å². The van der Waals surface area contributed by atoms with Gasteiger partial charge in [-0.3, -0.25) is 0 Å². The molecule has 0 aromatic rings. The maximum absolute atomic E-state index is 10.9. The Bertz CT molecular complexity index is 232. The van der Waals surface area contributed by atoms with Gasteiger partial charge in [0.25, 0.3) is 0 Å². The van der Waals surface area contributed by atoms with E-state index in [0.29, 0.717) is 5.92 Å². The summed E-state index contributed by atoms with van der Waals surface area (Å²) in [6.45, 7) is 1.82. The lowest BCUT2D eigenvalue weighted by Crippen LogP contribution is -2.37. The van der Waals surface area contributed by atoms with E-state index in [1.165, 1.54) is 6.26 Å². The van der Waals surface area contributed by atoms with Crippen LogP contribution < -0.4 is 11.1 Å². The molecule has 1 saturated heterocycles. The summed E-state index contributed by atoms with van der Waals surface area (Å²) in [5, 5.41) is 3.16. The monoisotopic (exact) mass is 192 g/mol. The number of hydrogen-bond acceptors (Lipinski definition) is 4. The second-order valence-electron chi connectivity index (χ2n) is 3.51. The minimum Gasteiger partial charge on any atom is -0.326 e. The van der Waals surface area contributed by atoms with Crippen LogP contribution in [0, 0.1) is 5.92 Å². The van der Waals surface area contributed by atoms with Gasteiger partial charge in [-0.2, -0.15) is 0 Å². The molecule has 0 radical (unpaired) electrons. The van der Waals surface area contributed by atoms with E-state index < -0.39 is 9.84 Å². The van der Waals surface area contributed by atoms with Crippen LogP contribution in [0.1, 0.15) is 6.42 Å². The number of rotatable bonds is 3. The zero-order chi connectivity index (χ0) is 9.19. The summed E-state index contributed by atoms with van der Waals surface area (Å²) >= 11 is 0. The Kier molecular flexibility index (Phi) is 3.09. The van der Waals surface area contributed by atoms with E-state index in [9.17, 15) is 8.42 Å². The van der Waals surface area contributed by atoms with Crippen molar-refractivity contribution in [1.29, 1.82) is 0 Å². The molecular formula is C7H16N2O2S. The Balaban J connectivity index is 2.42. The van der Waals surface area contributed by atoms with Crippen LogP contribution in [0.3, 0.4) is 0 Å². The molecule has 0 bridgehead atoms. The topological polar surface area (TPSA) is 72.2 Å². The Morgan fingerprint density at radius 1 is 1.67 bits per heavy atom. The molecule has 2 atom stereocenters. The van der Waals surface area contributed by atoms with Crippen molar-refractivity contribution in [2.24, 2.45) is 11.7 Å². The molecule has 0 aliphatic carbocycles. The van der Waals surface area contributed by atoms with E-state index >= 15 is 0 Å². The van der Waals surface area contributed by atoms with Gasteiger partial charge in [-0.05, 0) is 25.4 Å². The summed E-state index contributed by atoms with van der Waals surface area (Å²) in [5.74, 6) is 0.444. The van der Waals surface area contributed by atoms with Crippen LogP contribution in [0.4, 0.5) is 0 Å². The van der Waals surface area contributed by atoms with Gasteiger partial charge in [0.2, 0.25) is 0 Å². The van der Waals surface area contributed by atoms with Crippen molar-refractivity contribution >= 4 is 9.84 Å². The average molecular weight is 192 g/mol. The Morgan fingerprint density at radius 2 is 2.33 bits per heavy atom. The molecule has 4 nitrogen and oxygen atoms in total. The van der Waals surface area contributed by atoms with E-state index in [-0.39, 0.29) is 11.8 Å². The number of sulfone groups is 1. The lowest BCUT2D eigenvalue weighted by atomic mass is 10.0. The summed E-state index contributed by atoms with van der Waals surface area (Å²) in [6, 6.07) is -0.199. The Hall–Kier alpha value is -0.130. The summed E-state index contributed by atoms with van der Waals surface area (Å²) in [7, 11) is -2.91. The van der Waals surface area contributed by atoms with Gasteiger partial charge in [0.05, 0.1) is 5.75 Å². The van der Waals surface area contributed by atoms with Crippen LogP contribution in [-0.2, 0) is 9.84 Å². The van der Waals surface area contributed by atoms with Crippen LogP contribution in [0.2, 0.25) is 0 Å². The third-order valence-electron chi connectivity index (χ3n) is 2.20.